The van der Waals surface area contributed by atoms with Crippen LogP contribution >= 0.6 is 11.3 Å². The summed E-state index contributed by atoms with van der Waals surface area (Å²) in [7, 11) is 1.65. The molecule has 2 rings (SSSR count). The first kappa shape index (κ1) is 17.5. The zero-order valence-corrected chi connectivity index (χ0v) is 13.6. The van der Waals surface area contributed by atoms with Crippen LogP contribution in [0.15, 0.2) is 24.3 Å². The molecule has 0 aliphatic rings. The van der Waals surface area contributed by atoms with Crippen LogP contribution in [0.4, 0.5) is 18.2 Å². The van der Waals surface area contributed by atoms with Crippen molar-refractivity contribution in [1.82, 2.24) is 0 Å². The highest BCUT2D eigenvalue weighted by Gasteiger charge is 2.31. The van der Waals surface area contributed by atoms with Gasteiger partial charge in [0.1, 0.15) is 5.00 Å². The van der Waals surface area contributed by atoms with Crippen molar-refractivity contribution >= 4 is 16.3 Å². The number of halogens is 3. The van der Waals surface area contributed by atoms with Gasteiger partial charge in [-0.3, -0.25) is 0 Å². The van der Waals surface area contributed by atoms with Crippen molar-refractivity contribution in [2.24, 2.45) is 0 Å². The number of benzene rings is 1. The van der Waals surface area contributed by atoms with Crippen molar-refractivity contribution in [3.05, 3.63) is 29.8 Å². The fourth-order valence-corrected chi connectivity index (χ4v) is 3.05. The Balaban J connectivity index is 2.42. The van der Waals surface area contributed by atoms with Crippen LogP contribution in [0.3, 0.4) is 0 Å². The average Bonchev–Trinajstić information content (AvgIpc) is 2.83. The third-order valence-electron chi connectivity index (χ3n) is 3.29. The molecule has 0 atom stereocenters. The van der Waals surface area contributed by atoms with Gasteiger partial charge in [-0.1, -0.05) is 36.8 Å². The second-order valence-corrected chi connectivity index (χ2v) is 5.96. The molecular weight excluding hydrogens is 327 g/mol. The molecule has 3 nitrogen and oxygen atoms in total. The molecule has 0 amide bonds. The van der Waals surface area contributed by atoms with Gasteiger partial charge in [0, 0.05) is 7.05 Å². The van der Waals surface area contributed by atoms with E-state index in [4.69, 9.17) is 4.74 Å². The first-order chi connectivity index (χ1) is 10.9. The molecule has 0 spiro atoms. The molecule has 0 fully saturated rings. The normalized spacial score (nSPS) is 11.5. The maximum absolute atomic E-state index is 12.9. The zero-order chi connectivity index (χ0) is 17.0. The Labute approximate surface area is 136 Å². The van der Waals surface area contributed by atoms with Crippen LogP contribution in [0.25, 0.3) is 11.1 Å². The van der Waals surface area contributed by atoms with Crippen LogP contribution in [0, 0.1) is 0 Å². The molecule has 0 radical (unpaired) electrons. The van der Waals surface area contributed by atoms with Gasteiger partial charge in [0.05, 0.1) is 17.7 Å². The molecule has 7 heteroatoms. The van der Waals surface area contributed by atoms with Crippen LogP contribution in [0.2, 0.25) is 0 Å². The molecular formula is C16H18F3NO2S. The number of hydrogen-bond acceptors (Lipinski definition) is 4. The lowest BCUT2D eigenvalue weighted by Gasteiger charge is -2.09. The number of ether oxygens (including phenoxy) is 1. The summed E-state index contributed by atoms with van der Waals surface area (Å²) in [6.45, 7) is 2.47. The van der Waals surface area contributed by atoms with Crippen LogP contribution in [-0.4, -0.2) is 18.8 Å². The topological polar surface area (TPSA) is 41.5 Å². The van der Waals surface area contributed by atoms with E-state index in [2.05, 4.69) is 5.32 Å². The molecule has 126 valence electrons. The molecule has 1 aromatic carbocycles. The van der Waals surface area contributed by atoms with Gasteiger partial charge in [-0.25, -0.2) is 0 Å². The molecule has 1 aromatic heterocycles. The van der Waals surface area contributed by atoms with E-state index in [-0.39, 0.29) is 5.75 Å². The second-order valence-electron chi connectivity index (χ2n) is 4.97. The molecule has 0 saturated carbocycles. The molecule has 2 N–H and O–H groups in total. The van der Waals surface area contributed by atoms with Crippen molar-refractivity contribution in [3.8, 4) is 21.9 Å². The minimum absolute atomic E-state index is 0.130. The van der Waals surface area contributed by atoms with Gasteiger partial charge in [0.2, 0.25) is 5.06 Å². The molecule has 0 bridgehead atoms. The number of aromatic hydroxyl groups is 1. The van der Waals surface area contributed by atoms with Gasteiger partial charge in [0.15, 0.2) is 5.75 Å². The van der Waals surface area contributed by atoms with Gasteiger partial charge in [-0.15, -0.1) is 0 Å². The summed E-state index contributed by atoms with van der Waals surface area (Å²) < 4.78 is 44.2. The highest BCUT2D eigenvalue weighted by molar-refractivity contribution is 7.19. The summed E-state index contributed by atoms with van der Waals surface area (Å²) in [5.41, 5.74) is -0.130. The number of rotatable bonds is 6. The van der Waals surface area contributed by atoms with Crippen molar-refractivity contribution < 1.29 is 23.0 Å². The number of hydrogen-bond donors (Lipinski definition) is 2. The third kappa shape index (κ3) is 3.90. The average molecular weight is 345 g/mol. The largest absolute Gasteiger partial charge is 0.503 e. The summed E-state index contributed by atoms with van der Waals surface area (Å²) >= 11 is 1.18. The monoisotopic (exact) mass is 345 g/mol. The predicted molar refractivity (Wildman–Crippen MR) is 86.4 cm³/mol. The minimum Gasteiger partial charge on any atom is -0.503 e. The summed E-state index contributed by atoms with van der Waals surface area (Å²) in [6, 6.07) is 4.89. The van der Waals surface area contributed by atoms with E-state index in [1.165, 1.54) is 23.5 Å². The van der Waals surface area contributed by atoms with E-state index in [0.717, 1.165) is 25.0 Å². The molecule has 1 heterocycles. The Bertz CT molecular complexity index is 668. The number of alkyl halides is 3. The minimum atomic E-state index is -4.43. The van der Waals surface area contributed by atoms with Crippen LogP contribution in [-0.2, 0) is 6.18 Å². The van der Waals surface area contributed by atoms with E-state index in [1.54, 1.807) is 7.05 Å². The van der Waals surface area contributed by atoms with Gasteiger partial charge < -0.3 is 15.2 Å². The predicted octanol–water partition coefficient (Wildman–Crippen LogP) is 5.36. The lowest BCUT2D eigenvalue weighted by atomic mass is 10.0. The molecule has 0 unspecified atom stereocenters. The van der Waals surface area contributed by atoms with E-state index in [1.807, 2.05) is 6.92 Å². The molecule has 0 aliphatic heterocycles. The maximum atomic E-state index is 12.9. The van der Waals surface area contributed by atoms with E-state index in [0.29, 0.717) is 27.8 Å². The number of nitrogens with one attached hydrogen (secondary N) is 1. The summed E-state index contributed by atoms with van der Waals surface area (Å²) in [6.07, 6.45) is -2.64. The van der Waals surface area contributed by atoms with Crippen molar-refractivity contribution in [2.45, 2.75) is 25.9 Å². The van der Waals surface area contributed by atoms with Gasteiger partial charge in [-0.2, -0.15) is 13.2 Å². The first-order valence-electron chi connectivity index (χ1n) is 7.22. The maximum Gasteiger partial charge on any atom is 0.416 e. The van der Waals surface area contributed by atoms with Crippen LogP contribution in [0.1, 0.15) is 25.3 Å². The fraction of sp³-hybridized carbons (Fsp3) is 0.375. The quantitative estimate of drug-likeness (QED) is 0.693. The van der Waals surface area contributed by atoms with Gasteiger partial charge in [-0.05, 0) is 24.1 Å². The van der Waals surface area contributed by atoms with Crippen molar-refractivity contribution in [2.75, 3.05) is 19.0 Å². The Morgan fingerprint density at radius 1 is 1.30 bits per heavy atom. The molecule has 23 heavy (non-hydrogen) atoms. The Hall–Kier alpha value is -1.89. The smallest absolute Gasteiger partial charge is 0.416 e. The zero-order valence-electron chi connectivity index (χ0n) is 12.8. The van der Waals surface area contributed by atoms with Crippen LogP contribution in [0.5, 0.6) is 10.8 Å². The highest BCUT2D eigenvalue weighted by Crippen LogP contribution is 2.50. The van der Waals surface area contributed by atoms with Crippen molar-refractivity contribution in [3.63, 3.8) is 0 Å². The molecule has 0 saturated heterocycles. The summed E-state index contributed by atoms with van der Waals surface area (Å²) in [5, 5.41) is 14.1. The number of thiophene rings is 1. The summed E-state index contributed by atoms with van der Waals surface area (Å²) in [5.74, 6) is -0.130. The Morgan fingerprint density at radius 3 is 2.65 bits per heavy atom. The van der Waals surface area contributed by atoms with E-state index < -0.39 is 11.7 Å². The van der Waals surface area contributed by atoms with Gasteiger partial charge in [0.25, 0.3) is 0 Å². The molecule has 0 aliphatic carbocycles. The van der Waals surface area contributed by atoms with E-state index in [9.17, 15) is 18.3 Å². The number of unbranched alkanes of at least 4 members (excludes halogenated alkanes) is 1. The Morgan fingerprint density at radius 2 is 2.04 bits per heavy atom. The standard InChI is InChI=1S/C16H18F3NO2S/c1-3-4-8-22-15-13(21)12(14(20-2)23-15)10-6-5-7-11(9-10)16(17,18)19/h5-7,9,20-21H,3-4,8H2,1-2H3. The fourth-order valence-electron chi connectivity index (χ4n) is 2.10. The SMILES string of the molecule is CCCCOc1sc(NC)c(-c2cccc(C(F)(F)F)c2)c1O. The number of anilines is 1. The lowest BCUT2D eigenvalue weighted by molar-refractivity contribution is -0.137. The van der Waals surface area contributed by atoms with Crippen LogP contribution < -0.4 is 10.1 Å². The first-order valence-corrected chi connectivity index (χ1v) is 8.04. The Kier molecular flexibility index (Phi) is 5.41. The highest BCUT2D eigenvalue weighted by atomic mass is 32.1. The van der Waals surface area contributed by atoms with E-state index >= 15 is 0 Å². The second kappa shape index (κ2) is 7.12. The lowest BCUT2D eigenvalue weighted by Crippen LogP contribution is -2.04. The third-order valence-corrected chi connectivity index (χ3v) is 4.40. The molecule has 2 aromatic rings. The summed E-state index contributed by atoms with van der Waals surface area (Å²) in [4.78, 5) is 0. The van der Waals surface area contributed by atoms with Crippen molar-refractivity contribution in [1.29, 1.82) is 0 Å². The van der Waals surface area contributed by atoms with Gasteiger partial charge >= 0.3 is 6.18 Å².